The number of nitrogens with zero attached hydrogens (tertiary/aromatic N) is 1. The molecule has 1 heterocycles. The lowest BCUT2D eigenvalue weighted by Gasteiger charge is -2.21. The van der Waals surface area contributed by atoms with Crippen LogP contribution in [0, 0.1) is 5.92 Å². The predicted octanol–water partition coefficient (Wildman–Crippen LogP) is 2.75. The second-order valence-electron chi connectivity index (χ2n) is 5.36. The maximum atomic E-state index is 12.7. The highest BCUT2D eigenvalue weighted by atomic mass is 79.9. The first-order valence-corrected chi connectivity index (χ1v) is 9.08. The molecule has 0 aromatic heterocycles. The van der Waals surface area contributed by atoms with Crippen molar-refractivity contribution in [1.82, 2.24) is 4.31 Å². The van der Waals surface area contributed by atoms with E-state index in [9.17, 15) is 13.5 Å². The quantitative estimate of drug-likeness (QED) is 0.900. The van der Waals surface area contributed by atoms with E-state index < -0.39 is 10.0 Å². The standard InChI is InChI=1S/C14H20BrNO3S/c1-11-3-2-7-16(8-6-11)20(18,19)14-9-12(10-17)4-5-13(14)15/h4-5,9,11,17H,2-3,6-8,10H2,1H3. The van der Waals surface area contributed by atoms with Crippen LogP contribution in [0.1, 0.15) is 31.7 Å². The normalized spacial score (nSPS) is 21.6. The van der Waals surface area contributed by atoms with Crippen molar-refractivity contribution in [3.8, 4) is 0 Å². The van der Waals surface area contributed by atoms with E-state index in [1.165, 1.54) is 0 Å². The average molecular weight is 362 g/mol. The van der Waals surface area contributed by atoms with Crippen molar-refractivity contribution >= 4 is 26.0 Å². The maximum absolute atomic E-state index is 12.7. The van der Waals surface area contributed by atoms with Gasteiger partial charge in [0.1, 0.15) is 0 Å². The van der Waals surface area contributed by atoms with E-state index in [1.807, 2.05) is 0 Å². The Bertz CT molecular complexity index is 574. The Labute approximate surface area is 129 Å². The van der Waals surface area contributed by atoms with Gasteiger partial charge in [-0.15, -0.1) is 0 Å². The van der Waals surface area contributed by atoms with Crippen molar-refractivity contribution < 1.29 is 13.5 Å². The summed E-state index contributed by atoms with van der Waals surface area (Å²) in [5.74, 6) is 0.572. The minimum atomic E-state index is -3.50. The van der Waals surface area contributed by atoms with Crippen LogP contribution in [0.3, 0.4) is 0 Å². The van der Waals surface area contributed by atoms with E-state index in [4.69, 9.17) is 0 Å². The van der Waals surface area contributed by atoms with Crippen LogP contribution < -0.4 is 0 Å². The van der Waals surface area contributed by atoms with Gasteiger partial charge in [-0.2, -0.15) is 4.31 Å². The Balaban J connectivity index is 2.34. The van der Waals surface area contributed by atoms with Crippen LogP contribution in [0.25, 0.3) is 0 Å². The van der Waals surface area contributed by atoms with Crippen molar-refractivity contribution in [3.05, 3.63) is 28.2 Å². The molecule has 1 aromatic rings. The molecule has 20 heavy (non-hydrogen) atoms. The van der Waals surface area contributed by atoms with Crippen molar-refractivity contribution in [2.24, 2.45) is 5.92 Å². The van der Waals surface area contributed by atoms with Gasteiger partial charge < -0.3 is 5.11 Å². The summed E-state index contributed by atoms with van der Waals surface area (Å²) in [7, 11) is -3.50. The zero-order valence-corrected chi connectivity index (χ0v) is 14.0. The topological polar surface area (TPSA) is 57.6 Å². The lowest BCUT2D eigenvalue weighted by Crippen LogP contribution is -2.32. The molecule has 0 spiro atoms. The number of rotatable bonds is 3. The summed E-state index contributed by atoms with van der Waals surface area (Å²) in [5, 5.41) is 9.18. The summed E-state index contributed by atoms with van der Waals surface area (Å²) in [6.45, 7) is 3.15. The third-order valence-corrected chi connectivity index (χ3v) is 6.66. The van der Waals surface area contributed by atoms with E-state index in [0.29, 0.717) is 29.0 Å². The second-order valence-corrected chi connectivity index (χ2v) is 8.12. The molecular formula is C14H20BrNO3S. The van der Waals surface area contributed by atoms with E-state index in [-0.39, 0.29) is 11.5 Å². The fourth-order valence-electron chi connectivity index (χ4n) is 2.46. The number of hydrogen-bond acceptors (Lipinski definition) is 3. The van der Waals surface area contributed by atoms with Crippen LogP contribution in [-0.2, 0) is 16.6 Å². The molecule has 112 valence electrons. The minimum Gasteiger partial charge on any atom is -0.392 e. The molecule has 2 rings (SSSR count). The van der Waals surface area contributed by atoms with Crippen LogP contribution in [-0.4, -0.2) is 30.9 Å². The van der Waals surface area contributed by atoms with Gasteiger partial charge in [0.15, 0.2) is 0 Å². The molecule has 1 aliphatic heterocycles. The molecule has 0 bridgehead atoms. The highest BCUT2D eigenvalue weighted by Crippen LogP contribution is 2.28. The zero-order valence-electron chi connectivity index (χ0n) is 11.5. The Hall–Kier alpha value is -0.430. The third kappa shape index (κ3) is 3.42. The van der Waals surface area contributed by atoms with Gasteiger partial charge in [0.25, 0.3) is 0 Å². The first-order chi connectivity index (χ1) is 9.45. The van der Waals surface area contributed by atoms with Gasteiger partial charge in [-0.05, 0) is 58.8 Å². The molecule has 0 radical (unpaired) electrons. The highest BCUT2D eigenvalue weighted by Gasteiger charge is 2.28. The predicted molar refractivity (Wildman–Crippen MR) is 81.8 cm³/mol. The molecule has 1 aromatic carbocycles. The molecule has 4 nitrogen and oxygen atoms in total. The van der Waals surface area contributed by atoms with Gasteiger partial charge in [-0.1, -0.05) is 13.0 Å². The molecule has 1 saturated heterocycles. The van der Waals surface area contributed by atoms with Gasteiger partial charge in [-0.3, -0.25) is 0 Å². The number of hydrogen-bond donors (Lipinski definition) is 1. The molecule has 1 aliphatic rings. The first-order valence-electron chi connectivity index (χ1n) is 6.84. The van der Waals surface area contributed by atoms with Crippen LogP contribution in [0.15, 0.2) is 27.6 Å². The van der Waals surface area contributed by atoms with Gasteiger partial charge in [-0.25, -0.2) is 8.42 Å². The van der Waals surface area contributed by atoms with Crippen molar-refractivity contribution in [2.75, 3.05) is 13.1 Å². The highest BCUT2D eigenvalue weighted by molar-refractivity contribution is 9.10. The molecule has 0 aliphatic carbocycles. The summed E-state index contributed by atoms with van der Waals surface area (Å²) >= 11 is 3.31. The third-order valence-electron chi connectivity index (χ3n) is 3.77. The lowest BCUT2D eigenvalue weighted by atomic mass is 10.0. The van der Waals surface area contributed by atoms with E-state index in [1.54, 1.807) is 22.5 Å². The number of benzene rings is 1. The fraction of sp³-hybridized carbons (Fsp3) is 0.571. The van der Waals surface area contributed by atoms with E-state index >= 15 is 0 Å². The SMILES string of the molecule is CC1CCCN(S(=O)(=O)c2cc(CO)ccc2Br)CC1. The van der Waals surface area contributed by atoms with Crippen molar-refractivity contribution in [3.63, 3.8) is 0 Å². The van der Waals surface area contributed by atoms with E-state index in [0.717, 1.165) is 19.3 Å². The summed E-state index contributed by atoms with van der Waals surface area (Å²) in [5.41, 5.74) is 0.606. The van der Waals surface area contributed by atoms with Gasteiger partial charge in [0, 0.05) is 17.6 Å². The zero-order chi connectivity index (χ0) is 14.8. The van der Waals surface area contributed by atoms with Crippen LogP contribution in [0.5, 0.6) is 0 Å². The Morgan fingerprint density at radius 3 is 2.80 bits per heavy atom. The Morgan fingerprint density at radius 1 is 1.35 bits per heavy atom. The van der Waals surface area contributed by atoms with Gasteiger partial charge >= 0.3 is 0 Å². The Morgan fingerprint density at radius 2 is 2.10 bits per heavy atom. The largest absolute Gasteiger partial charge is 0.392 e. The summed E-state index contributed by atoms with van der Waals surface area (Å²) in [6.07, 6.45) is 2.87. The van der Waals surface area contributed by atoms with Crippen LogP contribution in [0.4, 0.5) is 0 Å². The monoisotopic (exact) mass is 361 g/mol. The Kier molecular flexibility index (Phi) is 5.23. The van der Waals surface area contributed by atoms with Crippen molar-refractivity contribution in [2.45, 2.75) is 37.7 Å². The molecule has 1 atom stereocenters. The molecule has 0 saturated carbocycles. The van der Waals surface area contributed by atoms with Gasteiger partial charge in [0.2, 0.25) is 10.0 Å². The maximum Gasteiger partial charge on any atom is 0.244 e. The molecule has 1 unspecified atom stereocenters. The molecule has 1 N–H and O–H groups in total. The van der Waals surface area contributed by atoms with E-state index in [2.05, 4.69) is 22.9 Å². The van der Waals surface area contributed by atoms with Gasteiger partial charge in [0.05, 0.1) is 11.5 Å². The minimum absolute atomic E-state index is 0.160. The fourth-order valence-corrected chi connectivity index (χ4v) is 4.93. The number of aliphatic hydroxyl groups excluding tert-OH is 1. The van der Waals surface area contributed by atoms with Crippen molar-refractivity contribution in [1.29, 1.82) is 0 Å². The average Bonchev–Trinajstić information content (AvgIpc) is 2.64. The van der Waals surface area contributed by atoms with Crippen LogP contribution in [0.2, 0.25) is 0 Å². The summed E-state index contributed by atoms with van der Waals surface area (Å²) in [6, 6.07) is 4.94. The first kappa shape index (κ1) is 15.9. The van der Waals surface area contributed by atoms with Crippen LogP contribution >= 0.6 is 15.9 Å². The lowest BCUT2D eigenvalue weighted by molar-refractivity contribution is 0.281. The number of sulfonamides is 1. The summed E-state index contributed by atoms with van der Waals surface area (Å²) in [4.78, 5) is 0.249. The smallest absolute Gasteiger partial charge is 0.244 e. The second kappa shape index (κ2) is 6.56. The molecule has 1 fully saturated rings. The molecule has 0 amide bonds. The number of aliphatic hydroxyl groups is 1. The summed E-state index contributed by atoms with van der Waals surface area (Å²) < 4.78 is 27.6. The molecular weight excluding hydrogens is 342 g/mol. The number of halogens is 1. The molecule has 6 heteroatoms.